The van der Waals surface area contributed by atoms with Crippen LogP contribution in [-0.4, -0.2) is 67.1 Å². The molecule has 12 heteroatoms. The molecule has 1 heterocycles. The van der Waals surface area contributed by atoms with Gasteiger partial charge in [0.1, 0.15) is 5.92 Å². The maximum atomic E-state index is 13.9. The minimum absolute atomic E-state index is 0.0707. The number of nitrogens with zero attached hydrogens (tertiary/aromatic N) is 2. The van der Waals surface area contributed by atoms with E-state index in [1.165, 1.54) is 7.11 Å². The Morgan fingerprint density at radius 1 is 1.23 bits per heavy atom. The average molecular weight is 427 g/mol. The number of nitrogens with one attached hydrogen (secondary N) is 1. The molecule has 1 aliphatic rings. The Hall–Kier alpha value is -3.41. The highest BCUT2D eigenvalue weighted by Crippen LogP contribution is 2.35. The highest BCUT2D eigenvalue weighted by atomic mass is 19.2. The van der Waals surface area contributed by atoms with Crippen LogP contribution in [-0.2, 0) is 19.1 Å². The normalized spacial score (nSPS) is 18.6. The van der Waals surface area contributed by atoms with E-state index >= 15 is 0 Å². The zero-order valence-electron chi connectivity index (χ0n) is 16.1. The van der Waals surface area contributed by atoms with E-state index in [9.17, 15) is 28.0 Å². The summed E-state index contributed by atoms with van der Waals surface area (Å²) in [5, 5.41) is 10.9. The van der Waals surface area contributed by atoms with E-state index in [0.29, 0.717) is 4.90 Å². The quantitative estimate of drug-likeness (QED) is 0.630. The molecule has 0 bridgehead atoms. The Morgan fingerprint density at radius 2 is 1.93 bits per heavy atom. The van der Waals surface area contributed by atoms with Gasteiger partial charge >= 0.3 is 24.0 Å². The summed E-state index contributed by atoms with van der Waals surface area (Å²) >= 11 is 0. The SMILES string of the molecule is COCC1=NC(=O)N(C(=O)NCCC(=O)O)C(c2ccc(F)c(F)c2)C1C(=O)OC. The number of carboxylic acids is 1. The number of rotatable bonds is 7. The van der Waals surface area contributed by atoms with Gasteiger partial charge in [-0.1, -0.05) is 6.07 Å². The van der Waals surface area contributed by atoms with Gasteiger partial charge in [-0.25, -0.2) is 23.3 Å². The topological polar surface area (TPSA) is 135 Å². The number of methoxy groups -OCH3 is 2. The van der Waals surface area contributed by atoms with Crippen molar-refractivity contribution < 1.29 is 42.5 Å². The van der Waals surface area contributed by atoms with Crippen LogP contribution in [0.5, 0.6) is 0 Å². The van der Waals surface area contributed by atoms with Gasteiger partial charge in [-0.2, -0.15) is 4.99 Å². The second-order valence-electron chi connectivity index (χ2n) is 6.18. The van der Waals surface area contributed by atoms with Gasteiger partial charge in [0.25, 0.3) is 0 Å². The number of aliphatic carboxylic acids is 1. The largest absolute Gasteiger partial charge is 0.481 e. The molecule has 4 amide bonds. The minimum Gasteiger partial charge on any atom is -0.481 e. The van der Waals surface area contributed by atoms with Crippen LogP contribution in [0.4, 0.5) is 18.4 Å². The van der Waals surface area contributed by atoms with Crippen LogP contribution >= 0.6 is 0 Å². The molecule has 1 aromatic rings. The van der Waals surface area contributed by atoms with Crippen molar-refractivity contribution in [3.8, 4) is 0 Å². The lowest BCUT2D eigenvalue weighted by Crippen LogP contribution is -2.54. The first-order valence-electron chi connectivity index (χ1n) is 8.63. The zero-order valence-corrected chi connectivity index (χ0v) is 16.1. The summed E-state index contributed by atoms with van der Waals surface area (Å²) in [6.45, 7) is -0.583. The van der Waals surface area contributed by atoms with Gasteiger partial charge in [0.15, 0.2) is 11.6 Å². The third-order valence-corrected chi connectivity index (χ3v) is 4.26. The molecule has 1 aromatic carbocycles. The van der Waals surface area contributed by atoms with E-state index in [-0.39, 0.29) is 24.4 Å². The number of carbonyl (C=O) groups is 4. The van der Waals surface area contributed by atoms with Crippen LogP contribution in [0.25, 0.3) is 0 Å². The number of hydrogen-bond donors (Lipinski definition) is 2. The smallest absolute Gasteiger partial charge is 0.352 e. The van der Waals surface area contributed by atoms with Crippen LogP contribution in [0.2, 0.25) is 0 Å². The Balaban J connectivity index is 2.56. The summed E-state index contributed by atoms with van der Waals surface area (Å²) in [6.07, 6.45) is -0.428. The molecule has 0 saturated carbocycles. The number of ether oxygens (including phenoxy) is 2. The first-order valence-corrected chi connectivity index (χ1v) is 8.63. The minimum atomic E-state index is -1.44. The molecule has 0 aliphatic carbocycles. The molecule has 2 unspecified atom stereocenters. The van der Waals surface area contributed by atoms with Crippen LogP contribution in [0.1, 0.15) is 18.0 Å². The number of amides is 4. The molecule has 0 radical (unpaired) electrons. The van der Waals surface area contributed by atoms with Gasteiger partial charge in [-0.15, -0.1) is 0 Å². The van der Waals surface area contributed by atoms with E-state index < -0.39 is 54.0 Å². The van der Waals surface area contributed by atoms with Crippen LogP contribution in [0.3, 0.4) is 0 Å². The molecule has 30 heavy (non-hydrogen) atoms. The van der Waals surface area contributed by atoms with Gasteiger partial charge in [-0.3, -0.25) is 9.59 Å². The number of esters is 1. The Labute approximate surface area is 169 Å². The highest BCUT2D eigenvalue weighted by molar-refractivity contribution is 6.12. The lowest BCUT2D eigenvalue weighted by atomic mass is 9.86. The second-order valence-corrected chi connectivity index (χ2v) is 6.18. The fourth-order valence-corrected chi connectivity index (χ4v) is 2.97. The highest BCUT2D eigenvalue weighted by Gasteiger charge is 2.47. The Kier molecular flexibility index (Phi) is 7.53. The fraction of sp³-hybridized carbons (Fsp3) is 0.389. The number of benzene rings is 1. The van der Waals surface area contributed by atoms with Gasteiger partial charge in [0, 0.05) is 13.7 Å². The number of hydrogen-bond acceptors (Lipinski definition) is 6. The molecule has 2 rings (SSSR count). The van der Waals surface area contributed by atoms with Crippen LogP contribution in [0.15, 0.2) is 23.2 Å². The fourth-order valence-electron chi connectivity index (χ4n) is 2.97. The molecule has 10 nitrogen and oxygen atoms in total. The summed E-state index contributed by atoms with van der Waals surface area (Å²) in [5.74, 6) is -5.87. The van der Waals surface area contributed by atoms with Crippen molar-refractivity contribution in [3.05, 3.63) is 35.4 Å². The standard InChI is InChI=1S/C18H19F2N3O7/c1-29-8-12-14(16(26)30-2)15(9-3-4-10(19)11(20)7-9)23(18(28)22-12)17(27)21-6-5-13(24)25/h3-4,7,14-15H,5-6,8H2,1-2H3,(H,21,27)(H,24,25). The molecule has 0 aromatic heterocycles. The van der Waals surface area contributed by atoms with E-state index in [0.717, 1.165) is 25.3 Å². The predicted octanol–water partition coefficient (Wildman–Crippen LogP) is 1.50. The van der Waals surface area contributed by atoms with Gasteiger partial charge < -0.3 is 19.9 Å². The van der Waals surface area contributed by atoms with Crippen LogP contribution < -0.4 is 5.32 Å². The lowest BCUT2D eigenvalue weighted by molar-refractivity contribution is -0.144. The maximum absolute atomic E-state index is 13.9. The number of halogens is 2. The maximum Gasteiger partial charge on any atom is 0.352 e. The van der Waals surface area contributed by atoms with Crippen molar-refractivity contribution in [2.24, 2.45) is 10.9 Å². The number of carboxylic acid groups (broad SMARTS) is 1. The van der Waals surface area contributed by atoms with E-state index in [2.05, 4.69) is 10.3 Å². The summed E-state index contributed by atoms with van der Waals surface area (Å²) in [7, 11) is 2.36. The molecular weight excluding hydrogens is 408 g/mol. The van der Waals surface area contributed by atoms with E-state index in [1.807, 2.05) is 0 Å². The third kappa shape index (κ3) is 4.95. The molecule has 0 saturated heterocycles. The van der Waals surface area contributed by atoms with Crippen molar-refractivity contribution in [3.63, 3.8) is 0 Å². The first-order chi connectivity index (χ1) is 14.2. The number of urea groups is 2. The molecule has 0 fully saturated rings. The Morgan fingerprint density at radius 3 is 2.50 bits per heavy atom. The molecule has 162 valence electrons. The number of carbonyl (C=O) groups excluding carboxylic acids is 3. The Bertz CT molecular complexity index is 891. The van der Waals surface area contributed by atoms with Crippen molar-refractivity contribution in [2.75, 3.05) is 27.4 Å². The van der Waals surface area contributed by atoms with Crippen molar-refractivity contribution in [1.82, 2.24) is 10.2 Å². The van der Waals surface area contributed by atoms with Crippen molar-refractivity contribution in [1.29, 1.82) is 0 Å². The van der Waals surface area contributed by atoms with E-state index in [1.54, 1.807) is 0 Å². The molecular formula is C18H19F2N3O7. The summed E-state index contributed by atoms with van der Waals surface area (Å²) < 4.78 is 37.0. The zero-order chi connectivity index (χ0) is 22.4. The summed E-state index contributed by atoms with van der Waals surface area (Å²) in [4.78, 5) is 52.6. The van der Waals surface area contributed by atoms with E-state index in [4.69, 9.17) is 14.6 Å². The first kappa shape index (κ1) is 22.9. The van der Waals surface area contributed by atoms with Gasteiger partial charge in [0.05, 0.1) is 31.9 Å². The number of imide groups is 1. The molecule has 2 atom stereocenters. The second kappa shape index (κ2) is 9.87. The van der Waals surface area contributed by atoms with Crippen molar-refractivity contribution >= 4 is 29.7 Å². The van der Waals surface area contributed by atoms with Gasteiger partial charge in [0.2, 0.25) is 0 Å². The average Bonchev–Trinajstić information content (AvgIpc) is 2.68. The van der Waals surface area contributed by atoms with Crippen molar-refractivity contribution in [2.45, 2.75) is 12.5 Å². The van der Waals surface area contributed by atoms with Gasteiger partial charge in [-0.05, 0) is 17.7 Å². The monoisotopic (exact) mass is 427 g/mol. The third-order valence-electron chi connectivity index (χ3n) is 4.26. The number of aliphatic imine (C=N–C) groups is 1. The molecule has 2 N–H and O–H groups in total. The lowest BCUT2D eigenvalue weighted by Gasteiger charge is -2.37. The molecule has 1 aliphatic heterocycles. The van der Waals surface area contributed by atoms with Crippen LogP contribution in [0, 0.1) is 17.6 Å². The summed E-state index contributed by atoms with van der Waals surface area (Å²) in [5.41, 5.74) is -0.145. The predicted molar refractivity (Wildman–Crippen MR) is 96.8 cm³/mol. The molecule has 0 spiro atoms. The summed E-state index contributed by atoms with van der Waals surface area (Å²) in [6, 6.07) is -0.954.